The topological polar surface area (TPSA) is 68.8 Å². The smallest absolute Gasteiger partial charge is 0.321 e. The number of unbranched alkanes of at least 4 members (excludes halogenated alkanes) is 3. The van der Waals surface area contributed by atoms with Crippen LogP contribution in [0.2, 0.25) is 0 Å². The molecule has 1 saturated heterocycles. The van der Waals surface area contributed by atoms with Gasteiger partial charge in [0.15, 0.2) is 5.82 Å². The summed E-state index contributed by atoms with van der Waals surface area (Å²) in [5.41, 5.74) is 1.66. The Kier molecular flexibility index (Phi) is 6.28. The van der Waals surface area contributed by atoms with Gasteiger partial charge >= 0.3 is 6.03 Å². The maximum absolute atomic E-state index is 13.6. The number of nitrogens with one attached hydrogen (secondary N) is 1. The van der Waals surface area contributed by atoms with E-state index in [0.717, 1.165) is 19.6 Å². The van der Waals surface area contributed by atoms with E-state index in [0.29, 0.717) is 35.8 Å². The van der Waals surface area contributed by atoms with Crippen LogP contribution in [-0.4, -0.2) is 59.4 Å². The Hall–Kier alpha value is -2.93. The summed E-state index contributed by atoms with van der Waals surface area (Å²) in [4.78, 5) is 36.6. The molecule has 1 N–H and O–H groups in total. The van der Waals surface area contributed by atoms with Crippen molar-refractivity contribution in [1.29, 1.82) is 0 Å². The van der Waals surface area contributed by atoms with Crippen LogP contribution in [0.3, 0.4) is 0 Å². The molecule has 4 rings (SSSR count). The van der Waals surface area contributed by atoms with Gasteiger partial charge in [-0.25, -0.2) is 14.7 Å². The lowest BCUT2D eigenvalue weighted by atomic mass is 10.2. The monoisotopic (exact) mass is 407 g/mol. The number of anilines is 3. The molecular formula is C23H29N5O2. The first-order valence-electron chi connectivity index (χ1n) is 10.9. The van der Waals surface area contributed by atoms with Crippen molar-refractivity contribution in [2.24, 2.45) is 0 Å². The molecule has 158 valence electrons. The molecule has 2 aromatic rings. The highest BCUT2D eigenvalue weighted by molar-refractivity contribution is 6.16. The number of piperazine rings is 1. The van der Waals surface area contributed by atoms with Crippen molar-refractivity contribution in [3.8, 4) is 0 Å². The zero-order valence-corrected chi connectivity index (χ0v) is 17.5. The van der Waals surface area contributed by atoms with Gasteiger partial charge in [-0.2, -0.15) is 0 Å². The minimum absolute atomic E-state index is 0.135. The van der Waals surface area contributed by atoms with Crippen LogP contribution in [0.4, 0.5) is 22.0 Å². The number of aromatic nitrogens is 1. The highest BCUT2D eigenvalue weighted by atomic mass is 16.2. The molecule has 0 unspecified atom stereocenters. The number of benzene rings is 1. The average molecular weight is 408 g/mol. The molecule has 2 aliphatic heterocycles. The van der Waals surface area contributed by atoms with Crippen LogP contribution in [0.1, 0.15) is 43.0 Å². The highest BCUT2D eigenvalue weighted by Crippen LogP contribution is 2.37. The van der Waals surface area contributed by atoms with E-state index in [1.807, 2.05) is 29.2 Å². The molecule has 7 heteroatoms. The Morgan fingerprint density at radius 3 is 2.63 bits per heavy atom. The fraction of sp³-hybridized carbons (Fsp3) is 0.435. The Morgan fingerprint density at radius 2 is 1.83 bits per heavy atom. The first-order chi connectivity index (χ1) is 14.7. The zero-order chi connectivity index (χ0) is 20.9. The van der Waals surface area contributed by atoms with E-state index in [-0.39, 0.29) is 11.9 Å². The second kappa shape index (κ2) is 9.26. The summed E-state index contributed by atoms with van der Waals surface area (Å²) in [7, 11) is 0. The lowest BCUT2D eigenvalue weighted by molar-refractivity contribution is 0.102. The van der Waals surface area contributed by atoms with Crippen LogP contribution in [0.5, 0.6) is 0 Å². The van der Waals surface area contributed by atoms with Crippen LogP contribution >= 0.6 is 0 Å². The van der Waals surface area contributed by atoms with Crippen LogP contribution in [0.25, 0.3) is 0 Å². The molecule has 1 fully saturated rings. The number of para-hydroxylation sites is 2. The Balaban J connectivity index is 1.53. The van der Waals surface area contributed by atoms with Crippen molar-refractivity contribution < 1.29 is 9.59 Å². The lowest BCUT2D eigenvalue weighted by Gasteiger charge is -2.37. The zero-order valence-electron chi connectivity index (χ0n) is 17.5. The maximum Gasteiger partial charge on any atom is 0.330 e. The first-order valence-corrected chi connectivity index (χ1v) is 10.9. The minimum atomic E-state index is -0.252. The lowest BCUT2D eigenvalue weighted by Crippen LogP contribution is -2.52. The van der Waals surface area contributed by atoms with Gasteiger partial charge in [-0.1, -0.05) is 38.3 Å². The third-order valence-corrected chi connectivity index (χ3v) is 5.80. The SMILES string of the molecule is CCCCCCN1CCN(C(=O)N2c3ccccc3NC(=O)c3cccnc32)CC1. The van der Waals surface area contributed by atoms with E-state index in [2.05, 4.69) is 22.1 Å². The number of urea groups is 1. The van der Waals surface area contributed by atoms with E-state index in [1.54, 1.807) is 23.2 Å². The van der Waals surface area contributed by atoms with Crippen molar-refractivity contribution in [2.45, 2.75) is 32.6 Å². The number of hydrogen-bond donors (Lipinski definition) is 1. The Labute approximate surface area is 177 Å². The quantitative estimate of drug-likeness (QED) is 0.758. The maximum atomic E-state index is 13.6. The number of hydrogen-bond acceptors (Lipinski definition) is 4. The van der Waals surface area contributed by atoms with Crippen LogP contribution < -0.4 is 10.2 Å². The van der Waals surface area contributed by atoms with Crippen LogP contribution in [-0.2, 0) is 0 Å². The second-order valence-corrected chi connectivity index (χ2v) is 7.85. The Morgan fingerprint density at radius 1 is 1.03 bits per heavy atom. The van der Waals surface area contributed by atoms with Gasteiger partial charge in [0.05, 0.1) is 16.9 Å². The molecule has 0 bridgehead atoms. The standard InChI is InChI=1S/C23H29N5O2/c1-2-3-4-7-13-26-14-16-27(17-15-26)23(30)28-20-11-6-5-10-19(20)25-22(29)18-9-8-12-24-21(18)28/h5-6,8-12H,2-4,7,13-17H2,1H3,(H,25,29). The number of amides is 3. The third-order valence-electron chi connectivity index (χ3n) is 5.80. The van der Waals surface area contributed by atoms with Crippen molar-refractivity contribution in [1.82, 2.24) is 14.8 Å². The van der Waals surface area contributed by atoms with Gasteiger partial charge in [-0.3, -0.25) is 9.69 Å². The van der Waals surface area contributed by atoms with Gasteiger partial charge in [0.25, 0.3) is 5.91 Å². The third kappa shape index (κ3) is 4.16. The molecule has 3 amide bonds. The van der Waals surface area contributed by atoms with Crippen molar-refractivity contribution >= 4 is 29.1 Å². The van der Waals surface area contributed by atoms with Crippen LogP contribution in [0.15, 0.2) is 42.6 Å². The molecule has 0 spiro atoms. The predicted molar refractivity (Wildman–Crippen MR) is 118 cm³/mol. The molecule has 0 atom stereocenters. The summed E-state index contributed by atoms with van der Waals surface area (Å²) in [5.74, 6) is 0.129. The number of carbonyl (C=O) groups is 2. The van der Waals surface area contributed by atoms with Gasteiger partial charge < -0.3 is 10.2 Å². The summed E-state index contributed by atoms with van der Waals surface area (Å²) < 4.78 is 0. The predicted octanol–water partition coefficient (Wildman–Crippen LogP) is 4.10. The number of nitrogens with zero attached hydrogens (tertiary/aromatic N) is 4. The second-order valence-electron chi connectivity index (χ2n) is 7.85. The van der Waals surface area contributed by atoms with Crippen molar-refractivity contribution in [2.75, 3.05) is 42.9 Å². The molecule has 0 aliphatic carbocycles. The molecule has 1 aromatic heterocycles. The number of rotatable bonds is 5. The first kappa shape index (κ1) is 20.3. The average Bonchev–Trinajstić information content (AvgIpc) is 2.91. The number of pyridine rings is 1. The summed E-state index contributed by atoms with van der Waals surface area (Å²) >= 11 is 0. The summed E-state index contributed by atoms with van der Waals surface area (Å²) in [6, 6.07) is 10.7. The molecular weight excluding hydrogens is 378 g/mol. The molecule has 7 nitrogen and oxygen atoms in total. The number of carbonyl (C=O) groups excluding carboxylic acids is 2. The Bertz CT molecular complexity index is 908. The van der Waals surface area contributed by atoms with Gasteiger partial charge in [0, 0.05) is 32.4 Å². The van der Waals surface area contributed by atoms with Crippen LogP contribution in [0, 0.1) is 0 Å². The summed E-state index contributed by atoms with van der Waals surface area (Å²) in [6.45, 7) is 6.42. The van der Waals surface area contributed by atoms with E-state index in [9.17, 15) is 9.59 Å². The summed E-state index contributed by atoms with van der Waals surface area (Å²) in [5, 5.41) is 2.91. The van der Waals surface area contributed by atoms with E-state index in [4.69, 9.17) is 0 Å². The molecule has 0 saturated carbocycles. The van der Waals surface area contributed by atoms with E-state index in [1.165, 1.54) is 25.7 Å². The van der Waals surface area contributed by atoms with Crippen molar-refractivity contribution in [3.63, 3.8) is 0 Å². The fourth-order valence-corrected chi connectivity index (χ4v) is 4.09. The van der Waals surface area contributed by atoms with Gasteiger partial charge in [0.1, 0.15) is 0 Å². The number of fused-ring (bicyclic) bond motifs is 2. The fourth-order valence-electron chi connectivity index (χ4n) is 4.09. The molecule has 1 aromatic carbocycles. The molecule has 3 heterocycles. The largest absolute Gasteiger partial charge is 0.330 e. The highest BCUT2D eigenvalue weighted by Gasteiger charge is 2.34. The normalized spacial score (nSPS) is 16.5. The molecule has 30 heavy (non-hydrogen) atoms. The van der Waals surface area contributed by atoms with Gasteiger partial charge in [-0.15, -0.1) is 0 Å². The summed E-state index contributed by atoms with van der Waals surface area (Å²) in [6.07, 6.45) is 6.63. The molecule has 0 radical (unpaired) electrons. The van der Waals surface area contributed by atoms with E-state index >= 15 is 0 Å². The minimum Gasteiger partial charge on any atom is -0.321 e. The molecule has 2 aliphatic rings. The van der Waals surface area contributed by atoms with E-state index < -0.39 is 0 Å². The van der Waals surface area contributed by atoms with Gasteiger partial charge in [0.2, 0.25) is 0 Å². The van der Waals surface area contributed by atoms with Crippen molar-refractivity contribution in [3.05, 3.63) is 48.2 Å². The van der Waals surface area contributed by atoms with Gasteiger partial charge in [-0.05, 0) is 37.2 Å².